The maximum Gasteiger partial charge on any atom is 0.165 e. The highest BCUT2D eigenvalue weighted by atomic mass is 79.9. The van der Waals surface area contributed by atoms with E-state index in [1.54, 1.807) is 11.3 Å². The van der Waals surface area contributed by atoms with E-state index >= 15 is 0 Å². The fraction of sp³-hybridized carbons (Fsp3) is 0.286. The fourth-order valence-corrected chi connectivity index (χ4v) is 3.46. The van der Waals surface area contributed by atoms with E-state index in [1.807, 2.05) is 12.1 Å². The molecule has 0 aliphatic carbocycles. The quantitative estimate of drug-likeness (QED) is 0.923. The zero-order chi connectivity index (χ0) is 13.1. The molecule has 1 aliphatic rings. The van der Waals surface area contributed by atoms with Gasteiger partial charge in [-0.1, -0.05) is 12.1 Å². The first-order valence-electron chi connectivity index (χ1n) is 6.14. The molecule has 1 aliphatic heterocycles. The van der Waals surface area contributed by atoms with E-state index < -0.39 is 0 Å². The highest BCUT2D eigenvalue weighted by Crippen LogP contribution is 2.33. The number of hydrogen-bond donors (Lipinski definition) is 1. The summed E-state index contributed by atoms with van der Waals surface area (Å²) in [5.74, 6) is 1.73. The third-order valence-corrected chi connectivity index (χ3v) is 4.58. The summed E-state index contributed by atoms with van der Waals surface area (Å²) in [5.41, 5.74) is 1.15. The molecule has 0 radical (unpaired) electrons. The number of halogens is 1. The van der Waals surface area contributed by atoms with Crippen LogP contribution in [0.5, 0.6) is 11.5 Å². The van der Waals surface area contributed by atoms with Gasteiger partial charge in [0, 0.05) is 33.4 Å². The first kappa shape index (κ1) is 13.0. The van der Waals surface area contributed by atoms with Gasteiger partial charge in [-0.05, 0) is 28.1 Å². The summed E-state index contributed by atoms with van der Waals surface area (Å²) in [6.07, 6.45) is 0. The Morgan fingerprint density at radius 3 is 2.95 bits per heavy atom. The molecule has 3 rings (SSSR count). The Kier molecular flexibility index (Phi) is 4.06. The Labute approximate surface area is 124 Å². The van der Waals surface area contributed by atoms with Gasteiger partial charge in [0.25, 0.3) is 0 Å². The van der Waals surface area contributed by atoms with Gasteiger partial charge in [0.05, 0.1) is 0 Å². The monoisotopic (exact) mass is 339 g/mol. The van der Waals surface area contributed by atoms with E-state index in [1.165, 1.54) is 4.88 Å². The van der Waals surface area contributed by atoms with Crippen LogP contribution < -0.4 is 14.8 Å². The smallest absolute Gasteiger partial charge is 0.165 e. The molecule has 0 unspecified atom stereocenters. The van der Waals surface area contributed by atoms with Crippen LogP contribution in [0, 0.1) is 0 Å². The van der Waals surface area contributed by atoms with Crippen molar-refractivity contribution in [2.45, 2.75) is 13.1 Å². The van der Waals surface area contributed by atoms with Crippen molar-refractivity contribution in [2.24, 2.45) is 0 Å². The van der Waals surface area contributed by atoms with E-state index in [0.29, 0.717) is 13.2 Å². The van der Waals surface area contributed by atoms with Crippen molar-refractivity contribution < 1.29 is 9.47 Å². The van der Waals surface area contributed by atoms with Crippen molar-refractivity contribution in [3.8, 4) is 11.5 Å². The molecule has 2 heterocycles. The van der Waals surface area contributed by atoms with E-state index in [0.717, 1.165) is 34.6 Å². The third kappa shape index (κ3) is 3.11. The second kappa shape index (κ2) is 5.94. The third-order valence-electron chi connectivity index (χ3n) is 2.88. The van der Waals surface area contributed by atoms with Crippen LogP contribution in [-0.2, 0) is 13.1 Å². The highest BCUT2D eigenvalue weighted by molar-refractivity contribution is 9.10. The van der Waals surface area contributed by atoms with E-state index in [4.69, 9.17) is 9.47 Å². The summed E-state index contributed by atoms with van der Waals surface area (Å²) in [5, 5.41) is 5.53. The highest BCUT2D eigenvalue weighted by Gasteiger charge is 2.14. The minimum absolute atomic E-state index is 0.627. The number of benzene rings is 1. The molecule has 1 N–H and O–H groups in total. The SMILES string of the molecule is Brc1csc(CNCc2cccc3c2OCCO3)c1. The van der Waals surface area contributed by atoms with Crippen LogP contribution in [0.25, 0.3) is 0 Å². The molecule has 0 amide bonds. The molecule has 0 saturated heterocycles. The van der Waals surface area contributed by atoms with Crippen LogP contribution in [-0.4, -0.2) is 13.2 Å². The van der Waals surface area contributed by atoms with Gasteiger partial charge in [-0.15, -0.1) is 11.3 Å². The molecule has 3 nitrogen and oxygen atoms in total. The summed E-state index contributed by atoms with van der Waals surface area (Å²) in [6.45, 7) is 2.90. The van der Waals surface area contributed by atoms with Gasteiger partial charge in [-0.3, -0.25) is 0 Å². The summed E-state index contributed by atoms with van der Waals surface area (Å²) >= 11 is 5.21. The van der Waals surface area contributed by atoms with Gasteiger partial charge >= 0.3 is 0 Å². The number of fused-ring (bicyclic) bond motifs is 1. The molecule has 0 fully saturated rings. The largest absolute Gasteiger partial charge is 0.486 e. The van der Waals surface area contributed by atoms with Crippen molar-refractivity contribution in [3.05, 3.63) is 44.6 Å². The van der Waals surface area contributed by atoms with Crippen molar-refractivity contribution in [2.75, 3.05) is 13.2 Å². The molecule has 100 valence electrons. The van der Waals surface area contributed by atoms with Crippen molar-refractivity contribution in [1.82, 2.24) is 5.32 Å². The predicted molar refractivity (Wildman–Crippen MR) is 80.0 cm³/mol. The molecule has 0 spiro atoms. The van der Waals surface area contributed by atoms with Gasteiger partial charge in [-0.25, -0.2) is 0 Å². The Hall–Kier alpha value is -1.04. The van der Waals surface area contributed by atoms with Gasteiger partial charge < -0.3 is 14.8 Å². The summed E-state index contributed by atoms with van der Waals surface area (Å²) in [4.78, 5) is 1.31. The molecule has 0 atom stereocenters. The number of para-hydroxylation sites is 1. The number of rotatable bonds is 4. The van der Waals surface area contributed by atoms with Crippen LogP contribution in [0.4, 0.5) is 0 Å². The lowest BCUT2D eigenvalue weighted by atomic mass is 10.1. The van der Waals surface area contributed by atoms with Crippen LogP contribution >= 0.6 is 27.3 Å². The van der Waals surface area contributed by atoms with Gasteiger partial charge in [0.1, 0.15) is 13.2 Å². The van der Waals surface area contributed by atoms with E-state index in [2.05, 4.69) is 38.8 Å². The standard InChI is InChI=1S/C14H14BrNO2S/c15-11-6-12(19-9-11)8-16-7-10-2-1-3-13-14(10)18-5-4-17-13/h1-3,6,9,16H,4-5,7-8H2. The maximum absolute atomic E-state index is 5.69. The molecule has 19 heavy (non-hydrogen) atoms. The first-order chi connectivity index (χ1) is 9.33. The molecule has 2 aromatic rings. The van der Waals surface area contributed by atoms with E-state index in [9.17, 15) is 0 Å². The van der Waals surface area contributed by atoms with Gasteiger partial charge in [0.2, 0.25) is 0 Å². The minimum atomic E-state index is 0.627. The number of ether oxygens (including phenoxy) is 2. The van der Waals surface area contributed by atoms with Crippen LogP contribution in [0.15, 0.2) is 34.1 Å². The molecule has 0 saturated carbocycles. The molecule has 1 aromatic carbocycles. The summed E-state index contributed by atoms with van der Waals surface area (Å²) < 4.78 is 12.4. The fourth-order valence-electron chi connectivity index (χ4n) is 2.04. The zero-order valence-electron chi connectivity index (χ0n) is 10.3. The molecule has 5 heteroatoms. The van der Waals surface area contributed by atoms with Crippen LogP contribution in [0.2, 0.25) is 0 Å². The zero-order valence-corrected chi connectivity index (χ0v) is 12.7. The van der Waals surface area contributed by atoms with E-state index in [-0.39, 0.29) is 0 Å². The first-order valence-corrected chi connectivity index (χ1v) is 7.81. The van der Waals surface area contributed by atoms with Gasteiger partial charge in [0.15, 0.2) is 11.5 Å². The van der Waals surface area contributed by atoms with Crippen molar-refractivity contribution >= 4 is 27.3 Å². The Balaban J connectivity index is 1.64. The average molecular weight is 340 g/mol. The molecular formula is C14H14BrNO2S. The molecular weight excluding hydrogens is 326 g/mol. The number of nitrogens with one attached hydrogen (secondary N) is 1. The Morgan fingerprint density at radius 1 is 1.21 bits per heavy atom. The second-order valence-electron chi connectivity index (χ2n) is 4.28. The summed E-state index contributed by atoms with van der Waals surface area (Å²) in [7, 11) is 0. The van der Waals surface area contributed by atoms with Crippen molar-refractivity contribution in [1.29, 1.82) is 0 Å². The molecule has 0 bridgehead atoms. The minimum Gasteiger partial charge on any atom is -0.486 e. The normalized spacial score (nSPS) is 13.5. The van der Waals surface area contributed by atoms with Crippen molar-refractivity contribution in [3.63, 3.8) is 0 Å². The Bertz CT molecular complexity index is 570. The lowest BCUT2D eigenvalue weighted by Gasteiger charge is -2.21. The summed E-state index contributed by atoms with van der Waals surface area (Å²) in [6, 6.07) is 8.17. The molecule has 1 aromatic heterocycles. The van der Waals surface area contributed by atoms with Gasteiger partial charge in [-0.2, -0.15) is 0 Å². The number of thiophene rings is 1. The number of hydrogen-bond acceptors (Lipinski definition) is 4. The maximum atomic E-state index is 5.69. The van der Waals surface area contributed by atoms with Crippen LogP contribution in [0.1, 0.15) is 10.4 Å². The average Bonchev–Trinajstić information content (AvgIpc) is 2.85. The van der Waals surface area contributed by atoms with Crippen LogP contribution in [0.3, 0.4) is 0 Å². The lowest BCUT2D eigenvalue weighted by Crippen LogP contribution is -2.19. The second-order valence-corrected chi connectivity index (χ2v) is 6.19. The predicted octanol–water partition coefficient (Wildman–Crippen LogP) is 3.57. The topological polar surface area (TPSA) is 30.5 Å². The Morgan fingerprint density at radius 2 is 2.11 bits per heavy atom. The lowest BCUT2D eigenvalue weighted by molar-refractivity contribution is 0.169.